The maximum Gasteiger partial charge on any atom is 0.204 e. The maximum atomic E-state index is 10.9. The Morgan fingerprint density at radius 3 is 2.42 bits per heavy atom. The fraction of sp³-hybridized carbons (Fsp3) is 0.259. The van der Waals surface area contributed by atoms with Crippen molar-refractivity contribution in [3.05, 3.63) is 71.1 Å². The molecule has 11 heteroatoms. The monoisotopic (exact) mass is 531 g/mol. The molecule has 0 aliphatic carbocycles. The Bertz CT molecular complexity index is 1620. The van der Waals surface area contributed by atoms with Gasteiger partial charge in [-0.05, 0) is 31.2 Å². The number of nitrogens with one attached hydrogen (secondary N) is 2. The topological polar surface area (TPSA) is 132 Å². The zero-order valence-electron chi connectivity index (χ0n) is 21.9. The van der Waals surface area contributed by atoms with Crippen LogP contribution in [-0.4, -0.2) is 41.0 Å². The molecule has 1 atom stereocenters. The minimum atomic E-state index is -1.15. The number of aryl methyl sites for hydroxylation is 2. The van der Waals surface area contributed by atoms with Crippen molar-refractivity contribution in [3.8, 4) is 16.9 Å². The maximum absolute atomic E-state index is 10.9. The van der Waals surface area contributed by atoms with Crippen molar-refractivity contribution in [1.29, 1.82) is 0 Å². The Balaban J connectivity index is 1.40. The number of hydrogen-bond acceptors (Lipinski definition) is 8. The van der Waals surface area contributed by atoms with Crippen LogP contribution in [0.1, 0.15) is 32.0 Å². The fourth-order valence-corrected chi connectivity index (χ4v) is 4.38. The molecular formula is C27H30ClN9O. The van der Waals surface area contributed by atoms with Crippen LogP contribution in [-0.2, 0) is 12.5 Å². The molecule has 0 amide bonds. The first-order valence-electron chi connectivity index (χ1n) is 12.1. The highest BCUT2D eigenvalue weighted by atomic mass is 35.5. The molecule has 38 heavy (non-hydrogen) atoms. The van der Waals surface area contributed by atoms with Gasteiger partial charge in [0.25, 0.3) is 0 Å². The van der Waals surface area contributed by atoms with Gasteiger partial charge in [0.15, 0.2) is 5.65 Å². The highest BCUT2D eigenvalue weighted by Crippen LogP contribution is 2.34. The van der Waals surface area contributed by atoms with Gasteiger partial charge in [0.1, 0.15) is 23.7 Å². The molecule has 1 unspecified atom stereocenters. The van der Waals surface area contributed by atoms with E-state index >= 15 is 0 Å². The molecule has 0 fully saturated rings. The second-order valence-corrected chi connectivity index (χ2v) is 10.6. The van der Waals surface area contributed by atoms with Crippen LogP contribution in [0.15, 0.2) is 54.9 Å². The van der Waals surface area contributed by atoms with Gasteiger partial charge in [0.2, 0.25) is 6.35 Å². The number of nitrogens with two attached hydrogens (primary N) is 1. The van der Waals surface area contributed by atoms with E-state index in [1.807, 2.05) is 43.3 Å². The number of halogens is 1. The van der Waals surface area contributed by atoms with E-state index in [1.54, 1.807) is 28.5 Å². The number of aliphatic hydroxyl groups is 1. The van der Waals surface area contributed by atoms with E-state index in [4.69, 9.17) is 22.4 Å². The number of benzene rings is 2. The highest BCUT2D eigenvalue weighted by Gasteiger charge is 2.22. The zero-order valence-corrected chi connectivity index (χ0v) is 22.6. The third-order valence-electron chi connectivity index (χ3n) is 6.23. The van der Waals surface area contributed by atoms with Crippen molar-refractivity contribution in [2.75, 3.05) is 16.4 Å². The highest BCUT2D eigenvalue weighted by molar-refractivity contribution is 6.33. The molecule has 0 aliphatic rings. The average Bonchev–Trinajstić information content (AvgIpc) is 3.43. The zero-order chi connectivity index (χ0) is 27.2. The predicted octanol–water partition coefficient (Wildman–Crippen LogP) is 4.86. The van der Waals surface area contributed by atoms with Crippen molar-refractivity contribution in [2.45, 2.75) is 39.5 Å². The molecule has 0 spiro atoms. The van der Waals surface area contributed by atoms with Gasteiger partial charge in [-0.1, -0.05) is 56.1 Å². The Morgan fingerprint density at radius 1 is 1.00 bits per heavy atom. The van der Waals surface area contributed by atoms with Crippen LogP contribution in [0, 0.1) is 6.92 Å². The molecule has 0 bridgehead atoms. The quantitative estimate of drug-likeness (QED) is 0.228. The molecule has 5 rings (SSSR count). The number of nitrogens with zero attached hydrogens (tertiary/aromatic N) is 6. The van der Waals surface area contributed by atoms with E-state index in [1.165, 1.54) is 6.33 Å². The van der Waals surface area contributed by atoms with E-state index in [0.29, 0.717) is 39.1 Å². The molecule has 10 nitrogen and oxygen atoms in total. The number of anilines is 3. The first kappa shape index (κ1) is 25.5. The van der Waals surface area contributed by atoms with Crippen LogP contribution in [0.2, 0.25) is 5.02 Å². The third-order valence-corrected chi connectivity index (χ3v) is 6.54. The number of fused-ring (bicyclic) bond motifs is 1. The van der Waals surface area contributed by atoms with Crippen molar-refractivity contribution < 1.29 is 5.11 Å². The minimum absolute atomic E-state index is 0.173. The summed E-state index contributed by atoms with van der Waals surface area (Å²) in [4.78, 5) is 8.37. The SMILES string of the molecule is Cc1ccc(-n2nc(C(C)(C)C)cc2NC(O)Nc2ccc(-c3nn(C)c4ncnc(N)c34)cc2Cl)cc1. The molecule has 5 aromatic rings. The van der Waals surface area contributed by atoms with Gasteiger partial charge in [0, 0.05) is 24.1 Å². The van der Waals surface area contributed by atoms with E-state index in [9.17, 15) is 5.11 Å². The van der Waals surface area contributed by atoms with Gasteiger partial charge in [-0.15, -0.1) is 0 Å². The molecule has 0 saturated heterocycles. The summed E-state index contributed by atoms with van der Waals surface area (Å²) in [5.74, 6) is 0.984. The molecule has 3 heterocycles. The summed E-state index contributed by atoms with van der Waals surface area (Å²) in [5.41, 5.74) is 11.4. The lowest BCUT2D eigenvalue weighted by molar-refractivity contribution is 0.232. The number of rotatable bonds is 6. The average molecular weight is 532 g/mol. The van der Waals surface area contributed by atoms with Gasteiger partial charge < -0.3 is 21.5 Å². The smallest absolute Gasteiger partial charge is 0.204 e. The number of aliphatic hydroxyl groups excluding tert-OH is 1. The van der Waals surface area contributed by atoms with Crippen molar-refractivity contribution >= 4 is 40.0 Å². The molecule has 3 aromatic heterocycles. The Morgan fingerprint density at radius 2 is 1.74 bits per heavy atom. The van der Waals surface area contributed by atoms with Gasteiger partial charge in [0.05, 0.1) is 27.5 Å². The van der Waals surface area contributed by atoms with Crippen molar-refractivity contribution in [1.82, 2.24) is 29.5 Å². The first-order valence-corrected chi connectivity index (χ1v) is 12.5. The van der Waals surface area contributed by atoms with E-state index in [-0.39, 0.29) is 5.41 Å². The Labute approximate surface area is 225 Å². The van der Waals surface area contributed by atoms with Crippen molar-refractivity contribution in [2.24, 2.45) is 7.05 Å². The number of nitrogen functional groups attached to an aromatic ring is 1. The largest absolute Gasteiger partial charge is 0.383 e. The molecular weight excluding hydrogens is 502 g/mol. The summed E-state index contributed by atoms with van der Waals surface area (Å²) < 4.78 is 3.44. The Kier molecular flexibility index (Phi) is 6.46. The molecule has 2 aromatic carbocycles. The van der Waals surface area contributed by atoms with Gasteiger partial charge >= 0.3 is 0 Å². The Hall–Kier alpha value is -4.15. The van der Waals surface area contributed by atoms with Crippen LogP contribution < -0.4 is 16.4 Å². The van der Waals surface area contributed by atoms with Crippen LogP contribution in [0.4, 0.5) is 17.3 Å². The second-order valence-electron chi connectivity index (χ2n) is 10.2. The lowest BCUT2D eigenvalue weighted by atomic mass is 9.92. The lowest BCUT2D eigenvalue weighted by Gasteiger charge is -2.19. The summed E-state index contributed by atoms with van der Waals surface area (Å²) in [7, 11) is 1.80. The third kappa shape index (κ3) is 4.88. The summed E-state index contributed by atoms with van der Waals surface area (Å²) in [6, 6.07) is 15.4. The molecule has 0 aliphatic heterocycles. The van der Waals surface area contributed by atoms with Crippen molar-refractivity contribution in [3.63, 3.8) is 0 Å². The fourth-order valence-electron chi connectivity index (χ4n) is 4.15. The standard InChI is InChI=1S/C27H30ClN9O/c1-15-6-9-17(10-7-15)37-21(13-20(34-37)27(2,3)4)33-26(38)32-19-11-8-16(12-18(19)28)23-22-24(29)30-14-31-25(22)36(5)35-23/h6-14,26,32-33,38H,1-5H3,(H2,29,30,31). The summed E-state index contributed by atoms with van der Waals surface area (Å²) in [5, 5.41) is 27.5. The van der Waals surface area contributed by atoms with Gasteiger partial charge in [-0.25, -0.2) is 19.3 Å². The van der Waals surface area contributed by atoms with Crippen LogP contribution in [0.3, 0.4) is 0 Å². The van der Waals surface area contributed by atoms with E-state index in [2.05, 4.69) is 46.5 Å². The summed E-state index contributed by atoms with van der Waals surface area (Å²) in [6.07, 6.45) is 0.263. The second kappa shape index (κ2) is 9.62. The predicted molar refractivity (Wildman–Crippen MR) is 151 cm³/mol. The lowest BCUT2D eigenvalue weighted by Crippen LogP contribution is -2.29. The number of aromatic nitrogens is 6. The molecule has 0 saturated carbocycles. The molecule has 196 valence electrons. The van der Waals surface area contributed by atoms with Gasteiger partial charge in [-0.3, -0.25) is 0 Å². The van der Waals surface area contributed by atoms with Crippen LogP contribution >= 0.6 is 11.6 Å². The van der Waals surface area contributed by atoms with E-state index < -0.39 is 6.35 Å². The van der Waals surface area contributed by atoms with Crippen LogP contribution in [0.5, 0.6) is 0 Å². The first-order chi connectivity index (χ1) is 18.0. The minimum Gasteiger partial charge on any atom is -0.383 e. The molecule has 0 radical (unpaired) electrons. The van der Waals surface area contributed by atoms with Crippen LogP contribution in [0.25, 0.3) is 28.0 Å². The van der Waals surface area contributed by atoms with Gasteiger partial charge in [-0.2, -0.15) is 10.2 Å². The normalized spacial score (nSPS) is 12.6. The summed E-state index contributed by atoms with van der Waals surface area (Å²) >= 11 is 6.61. The molecule has 5 N–H and O–H groups in total. The number of hydrogen-bond donors (Lipinski definition) is 4. The van der Waals surface area contributed by atoms with E-state index in [0.717, 1.165) is 22.5 Å². The summed E-state index contributed by atoms with van der Waals surface area (Å²) in [6.45, 7) is 8.33.